The number of carbonyl (C=O) groups excluding carboxylic acids is 1. The zero-order valence-corrected chi connectivity index (χ0v) is 12.7. The number of anilines is 2. The van der Waals surface area contributed by atoms with Gasteiger partial charge in [0.1, 0.15) is 5.69 Å². The summed E-state index contributed by atoms with van der Waals surface area (Å²) >= 11 is 0. The van der Waals surface area contributed by atoms with E-state index in [-0.39, 0.29) is 11.9 Å². The maximum Gasteiger partial charge on any atom is 0.270 e. The zero-order chi connectivity index (χ0) is 15.2. The summed E-state index contributed by atoms with van der Waals surface area (Å²) in [6.45, 7) is 5.98. The Hall–Kier alpha value is -2.36. The molecule has 0 fully saturated rings. The third-order valence-corrected chi connectivity index (χ3v) is 3.09. The maximum atomic E-state index is 11.8. The van der Waals surface area contributed by atoms with Crippen LogP contribution in [0.2, 0.25) is 0 Å². The van der Waals surface area contributed by atoms with Crippen LogP contribution in [0.5, 0.6) is 0 Å². The summed E-state index contributed by atoms with van der Waals surface area (Å²) in [5.41, 5.74) is 3.62. The number of hydrogen-bond donors (Lipinski definition) is 2. The lowest BCUT2D eigenvalue weighted by Gasteiger charge is -2.11. The number of hydrogen-bond acceptors (Lipinski definition) is 3. The van der Waals surface area contributed by atoms with Gasteiger partial charge in [-0.1, -0.05) is 25.1 Å². The summed E-state index contributed by atoms with van der Waals surface area (Å²) in [5, 5.41) is 6.16. The van der Waals surface area contributed by atoms with Gasteiger partial charge in [0, 0.05) is 11.7 Å². The Labute approximate surface area is 125 Å². The Balaban J connectivity index is 2.11. The van der Waals surface area contributed by atoms with E-state index < -0.39 is 0 Å². The summed E-state index contributed by atoms with van der Waals surface area (Å²) in [4.78, 5) is 16.0. The molecule has 0 aliphatic rings. The first-order valence-corrected chi connectivity index (χ1v) is 7.22. The van der Waals surface area contributed by atoms with Gasteiger partial charge in [-0.2, -0.15) is 0 Å². The molecule has 4 heteroatoms. The molecule has 0 unspecified atom stereocenters. The van der Waals surface area contributed by atoms with Gasteiger partial charge < -0.3 is 10.6 Å². The molecular weight excluding hydrogens is 262 g/mol. The lowest BCUT2D eigenvalue weighted by Crippen LogP contribution is -2.30. The van der Waals surface area contributed by atoms with Crippen LogP contribution in [0.1, 0.15) is 36.8 Å². The van der Waals surface area contributed by atoms with E-state index in [9.17, 15) is 4.79 Å². The molecule has 0 bridgehead atoms. The smallest absolute Gasteiger partial charge is 0.270 e. The van der Waals surface area contributed by atoms with Crippen molar-refractivity contribution in [3.8, 4) is 0 Å². The normalized spacial score (nSPS) is 10.5. The molecule has 4 nitrogen and oxygen atoms in total. The lowest BCUT2D eigenvalue weighted by molar-refractivity contribution is 0.0938. The van der Waals surface area contributed by atoms with Gasteiger partial charge in [0.05, 0.1) is 11.9 Å². The van der Waals surface area contributed by atoms with Crippen molar-refractivity contribution < 1.29 is 4.79 Å². The van der Waals surface area contributed by atoms with Gasteiger partial charge in [0.15, 0.2) is 0 Å². The van der Waals surface area contributed by atoms with Crippen LogP contribution in [0.4, 0.5) is 11.4 Å². The Bertz CT molecular complexity index is 606. The van der Waals surface area contributed by atoms with E-state index in [1.165, 1.54) is 5.56 Å². The minimum Gasteiger partial charge on any atom is -0.354 e. The van der Waals surface area contributed by atoms with Crippen LogP contribution in [0, 0.1) is 0 Å². The first-order chi connectivity index (χ1) is 10.1. The highest BCUT2D eigenvalue weighted by atomic mass is 16.1. The van der Waals surface area contributed by atoms with Crippen molar-refractivity contribution in [1.29, 1.82) is 0 Å². The van der Waals surface area contributed by atoms with E-state index in [0.717, 1.165) is 17.8 Å². The second-order valence-corrected chi connectivity index (χ2v) is 5.20. The number of aromatic nitrogens is 1. The van der Waals surface area contributed by atoms with Crippen LogP contribution in [-0.4, -0.2) is 16.9 Å². The van der Waals surface area contributed by atoms with Crippen molar-refractivity contribution >= 4 is 17.3 Å². The summed E-state index contributed by atoms with van der Waals surface area (Å²) in [7, 11) is 0. The number of amides is 1. The summed E-state index contributed by atoms with van der Waals surface area (Å²) in [5.74, 6) is -0.148. The van der Waals surface area contributed by atoms with Crippen LogP contribution < -0.4 is 10.6 Å². The molecule has 0 aliphatic carbocycles. The molecule has 1 aromatic carbocycles. The van der Waals surface area contributed by atoms with Gasteiger partial charge in [0.2, 0.25) is 0 Å². The molecule has 2 N–H and O–H groups in total. The summed E-state index contributed by atoms with van der Waals surface area (Å²) < 4.78 is 0. The van der Waals surface area contributed by atoms with Crippen molar-refractivity contribution in [2.45, 2.75) is 33.2 Å². The highest BCUT2D eigenvalue weighted by molar-refractivity contribution is 5.92. The molecule has 0 atom stereocenters. The minimum atomic E-state index is -0.148. The molecule has 0 saturated heterocycles. The molecule has 1 aromatic heterocycles. The number of carbonyl (C=O) groups is 1. The number of nitrogens with zero attached hydrogens (tertiary/aromatic N) is 1. The van der Waals surface area contributed by atoms with E-state index in [2.05, 4.69) is 28.6 Å². The molecule has 0 aliphatic heterocycles. The van der Waals surface area contributed by atoms with E-state index in [1.54, 1.807) is 12.3 Å². The highest BCUT2D eigenvalue weighted by Crippen LogP contribution is 2.20. The topological polar surface area (TPSA) is 54.0 Å². The molecule has 2 aromatic rings. The second kappa shape index (κ2) is 6.88. The van der Waals surface area contributed by atoms with Gasteiger partial charge in [0.25, 0.3) is 5.91 Å². The van der Waals surface area contributed by atoms with Crippen LogP contribution >= 0.6 is 0 Å². The average molecular weight is 283 g/mol. The number of pyridine rings is 1. The predicted molar refractivity (Wildman–Crippen MR) is 85.9 cm³/mol. The fourth-order valence-corrected chi connectivity index (χ4v) is 2.04. The summed E-state index contributed by atoms with van der Waals surface area (Å²) in [6, 6.07) is 11.9. The van der Waals surface area contributed by atoms with Gasteiger partial charge in [-0.25, -0.2) is 4.98 Å². The van der Waals surface area contributed by atoms with Crippen molar-refractivity contribution in [2.75, 3.05) is 5.32 Å². The quantitative estimate of drug-likeness (QED) is 0.882. The first kappa shape index (κ1) is 15.0. The van der Waals surface area contributed by atoms with Crippen LogP contribution in [0.3, 0.4) is 0 Å². The third kappa shape index (κ3) is 4.05. The molecule has 1 amide bonds. The van der Waals surface area contributed by atoms with Gasteiger partial charge in [-0.15, -0.1) is 0 Å². The number of para-hydroxylation sites is 1. The molecule has 110 valence electrons. The van der Waals surface area contributed by atoms with E-state index in [1.807, 2.05) is 38.1 Å². The number of benzene rings is 1. The SMILES string of the molecule is CCc1ccccc1Nc1ccc(C(=O)NC(C)C)nc1. The van der Waals surface area contributed by atoms with E-state index in [4.69, 9.17) is 0 Å². The molecule has 2 rings (SSSR count). The average Bonchev–Trinajstić information content (AvgIpc) is 2.48. The van der Waals surface area contributed by atoms with Gasteiger partial charge >= 0.3 is 0 Å². The van der Waals surface area contributed by atoms with Crippen LogP contribution in [-0.2, 0) is 6.42 Å². The van der Waals surface area contributed by atoms with Crippen molar-refractivity contribution in [2.24, 2.45) is 0 Å². The number of aryl methyl sites for hydroxylation is 1. The van der Waals surface area contributed by atoms with Crippen LogP contribution in [0.25, 0.3) is 0 Å². The largest absolute Gasteiger partial charge is 0.354 e. The van der Waals surface area contributed by atoms with E-state index in [0.29, 0.717) is 5.69 Å². The predicted octanol–water partition coefficient (Wildman–Crippen LogP) is 3.53. The molecule has 0 spiro atoms. The fraction of sp³-hybridized carbons (Fsp3) is 0.294. The Morgan fingerprint density at radius 2 is 1.95 bits per heavy atom. The molecule has 0 saturated carbocycles. The fourth-order valence-electron chi connectivity index (χ4n) is 2.04. The summed E-state index contributed by atoms with van der Waals surface area (Å²) in [6.07, 6.45) is 2.65. The highest BCUT2D eigenvalue weighted by Gasteiger charge is 2.08. The second-order valence-electron chi connectivity index (χ2n) is 5.20. The Morgan fingerprint density at radius 1 is 1.19 bits per heavy atom. The Kier molecular flexibility index (Phi) is 4.93. The zero-order valence-electron chi connectivity index (χ0n) is 12.7. The van der Waals surface area contributed by atoms with Crippen molar-refractivity contribution in [3.63, 3.8) is 0 Å². The lowest BCUT2D eigenvalue weighted by atomic mass is 10.1. The van der Waals surface area contributed by atoms with E-state index >= 15 is 0 Å². The minimum absolute atomic E-state index is 0.105. The Morgan fingerprint density at radius 3 is 2.57 bits per heavy atom. The monoisotopic (exact) mass is 283 g/mol. The van der Waals surface area contributed by atoms with Crippen LogP contribution in [0.15, 0.2) is 42.6 Å². The molecule has 21 heavy (non-hydrogen) atoms. The molecule has 0 radical (unpaired) electrons. The van der Waals surface area contributed by atoms with Crippen molar-refractivity contribution in [3.05, 3.63) is 53.9 Å². The molecule has 1 heterocycles. The van der Waals surface area contributed by atoms with Gasteiger partial charge in [-0.3, -0.25) is 4.79 Å². The maximum absolute atomic E-state index is 11.8. The third-order valence-electron chi connectivity index (χ3n) is 3.09. The molecular formula is C17H21N3O. The number of rotatable bonds is 5. The van der Waals surface area contributed by atoms with Crippen molar-refractivity contribution in [1.82, 2.24) is 10.3 Å². The standard InChI is InChI=1S/C17H21N3O/c1-4-13-7-5-6-8-15(13)20-14-9-10-16(18-11-14)17(21)19-12(2)3/h5-12,20H,4H2,1-3H3,(H,19,21). The number of nitrogens with one attached hydrogen (secondary N) is 2. The van der Waals surface area contributed by atoms with Gasteiger partial charge in [-0.05, 0) is 44.0 Å². The first-order valence-electron chi connectivity index (χ1n) is 7.22.